The molecule has 0 amide bonds. The Hall–Kier alpha value is -3.65. The summed E-state index contributed by atoms with van der Waals surface area (Å²) in [6.45, 7) is 0. The second-order valence-corrected chi connectivity index (χ2v) is 10.6. The number of carbonyl (C=O) groups is 1. The minimum Gasteiger partial charge on any atom is -0.508 e. The van der Waals surface area contributed by atoms with E-state index in [4.69, 9.17) is 0 Å². The molecule has 174 valence electrons. The number of benzene rings is 2. The van der Waals surface area contributed by atoms with E-state index >= 15 is 0 Å². The summed E-state index contributed by atoms with van der Waals surface area (Å²) in [5, 5.41) is 20.1. The van der Waals surface area contributed by atoms with Crippen molar-refractivity contribution in [1.29, 1.82) is 0 Å². The van der Waals surface area contributed by atoms with Gasteiger partial charge in [0.2, 0.25) is 0 Å². The minimum absolute atomic E-state index is 0.0280. The Morgan fingerprint density at radius 1 is 1.15 bits per heavy atom. The predicted octanol–water partition coefficient (Wildman–Crippen LogP) is 3.46. The third kappa shape index (κ3) is 5.12. The highest BCUT2D eigenvalue weighted by molar-refractivity contribution is 7.91. The highest BCUT2D eigenvalue weighted by Gasteiger charge is 2.28. The molecule has 0 fully saturated rings. The van der Waals surface area contributed by atoms with Crippen LogP contribution in [0.25, 0.3) is 10.9 Å². The molecule has 1 atom stereocenters. The zero-order valence-electron chi connectivity index (χ0n) is 17.8. The first-order valence-electron chi connectivity index (χ1n) is 10.0. The number of nitrogens with one attached hydrogen (secondary N) is 1. The fraction of sp³-hybridized carbons (Fsp3) is 0.125. The molecule has 0 radical (unpaired) electrons. The molecule has 0 spiro atoms. The van der Waals surface area contributed by atoms with Crippen molar-refractivity contribution in [3.63, 3.8) is 0 Å². The number of aryl methyl sites for hydroxylation is 1. The molecular formula is C24H19FN2O5S2. The average Bonchev–Trinajstić information content (AvgIpc) is 3.38. The van der Waals surface area contributed by atoms with Crippen LogP contribution in [0, 0.1) is 17.7 Å². The Morgan fingerprint density at radius 2 is 1.88 bits per heavy atom. The molecule has 10 heteroatoms. The summed E-state index contributed by atoms with van der Waals surface area (Å²) in [5.74, 6) is 3.98. The average molecular weight is 499 g/mol. The molecule has 0 saturated heterocycles. The van der Waals surface area contributed by atoms with Gasteiger partial charge in [0.1, 0.15) is 21.8 Å². The normalized spacial score (nSPS) is 12.3. The second kappa shape index (κ2) is 9.30. The molecule has 3 N–H and O–H groups in total. The van der Waals surface area contributed by atoms with E-state index in [0.717, 1.165) is 16.9 Å². The van der Waals surface area contributed by atoms with Crippen LogP contribution >= 0.6 is 11.3 Å². The quantitative estimate of drug-likeness (QED) is 0.353. The molecule has 0 aliphatic rings. The van der Waals surface area contributed by atoms with Crippen LogP contribution in [0.4, 0.5) is 4.39 Å². The fourth-order valence-electron chi connectivity index (χ4n) is 3.47. The van der Waals surface area contributed by atoms with E-state index in [1.165, 1.54) is 48.5 Å². The number of fused-ring (bicyclic) bond motifs is 1. The van der Waals surface area contributed by atoms with E-state index in [2.05, 4.69) is 16.6 Å². The summed E-state index contributed by atoms with van der Waals surface area (Å²) in [7, 11) is -2.35. The molecule has 4 rings (SSSR count). The Labute approximate surface area is 199 Å². The van der Waals surface area contributed by atoms with Crippen LogP contribution in [0.15, 0.2) is 65.0 Å². The van der Waals surface area contributed by atoms with Crippen LogP contribution in [-0.4, -0.2) is 35.2 Å². The summed E-state index contributed by atoms with van der Waals surface area (Å²) in [4.78, 5) is 12.3. The topological polar surface area (TPSA) is 109 Å². The lowest BCUT2D eigenvalue weighted by Crippen LogP contribution is -2.42. The molecule has 4 aromatic rings. The number of aliphatic carboxylic acids is 1. The van der Waals surface area contributed by atoms with Crippen LogP contribution in [0.5, 0.6) is 5.75 Å². The molecule has 0 aliphatic carbocycles. The van der Waals surface area contributed by atoms with Crippen molar-refractivity contribution < 1.29 is 27.8 Å². The standard InChI is InChI=1S/C24H19FN2O5S2/c1-27-14-16(20-13-18(28)7-10-22(20)27)12-21(24(29)30)26-34(31,32)23-11-9-19(33-23)8-4-15-2-5-17(25)6-3-15/h2-3,5-7,9-11,13-14,21,26,28H,12H2,1H3,(H,29,30)/t21-/m1/s1. The Bertz CT molecular complexity index is 1540. The number of carboxylic acid groups (broad SMARTS) is 1. The third-order valence-electron chi connectivity index (χ3n) is 5.10. The monoisotopic (exact) mass is 498 g/mol. The van der Waals surface area contributed by atoms with E-state index in [9.17, 15) is 27.8 Å². The summed E-state index contributed by atoms with van der Waals surface area (Å²) in [5.41, 5.74) is 1.94. The Morgan fingerprint density at radius 3 is 2.59 bits per heavy atom. The van der Waals surface area contributed by atoms with Gasteiger partial charge in [-0.05, 0) is 60.2 Å². The van der Waals surface area contributed by atoms with E-state index < -0.39 is 22.0 Å². The molecule has 2 aromatic heterocycles. The predicted molar refractivity (Wildman–Crippen MR) is 127 cm³/mol. The van der Waals surface area contributed by atoms with E-state index in [-0.39, 0.29) is 22.2 Å². The van der Waals surface area contributed by atoms with Crippen molar-refractivity contribution in [2.45, 2.75) is 16.7 Å². The van der Waals surface area contributed by atoms with Crippen molar-refractivity contribution in [3.05, 3.63) is 82.6 Å². The van der Waals surface area contributed by atoms with Gasteiger partial charge >= 0.3 is 5.97 Å². The summed E-state index contributed by atoms with van der Waals surface area (Å²) < 4.78 is 42.7. The minimum atomic E-state index is -4.13. The first-order valence-corrected chi connectivity index (χ1v) is 12.3. The third-order valence-corrected chi connectivity index (χ3v) is 8.06. The maximum atomic E-state index is 13.0. The Kier molecular flexibility index (Phi) is 6.43. The number of hydrogen-bond donors (Lipinski definition) is 3. The van der Waals surface area contributed by atoms with Gasteiger partial charge in [-0.25, -0.2) is 12.8 Å². The maximum absolute atomic E-state index is 13.0. The smallest absolute Gasteiger partial charge is 0.322 e. The molecule has 2 heterocycles. The van der Waals surface area contributed by atoms with Gasteiger partial charge in [-0.1, -0.05) is 11.8 Å². The first-order chi connectivity index (χ1) is 16.1. The van der Waals surface area contributed by atoms with Crippen molar-refractivity contribution in [3.8, 4) is 17.6 Å². The van der Waals surface area contributed by atoms with Gasteiger partial charge < -0.3 is 14.8 Å². The van der Waals surface area contributed by atoms with Crippen molar-refractivity contribution >= 4 is 38.2 Å². The van der Waals surface area contributed by atoms with Crippen LogP contribution in [-0.2, 0) is 28.3 Å². The number of halogens is 1. The number of phenolic OH excluding ortho intramolecular Hbond substituents is 1. The molecule has 0 saturated carbocycles. The van der Waals surface area contributed by atoms with Crippen molar-refractivity contribution in [1.82, 2.24) is 9.29 Å². The van der Waals surface area contributed by atoms with E-state index in [0.29, 0.717) is 21.4 Å². The Balaban J connectivity index is 1.55. The first kappa shape index (κ1) is 23.5. The second-order valence-electron chi connectivity index (χ2n) is 7.56. The number of sulfonamides is 1. The lowest BCUT2D eigenvalue weighted by Gasteiger charge is -2.13. The molecule has 34 heavy (non-hydrogen) atoms. The van der Waals surface area contributed by atoms with Crippen LogP contribution in [0.2, 0.25) is 0 Å². The number of hydrogen-bond acceptors (Lipinski definition) is 5. The molecule has 0 bridgehead atoms. The molecule has 0 aliphatic heterocycles. The summed E-state index contributed by atoms with van der Waals surface area (Å²) in [6.07, 6.45) is 1.60. The van der Waals surface area contributed by atoms with Gasteiger partial charge in [-0.3, -0.25) is 4.79 Å². The number of phenols is 1. The zero-order chi connectivity index (χ0) is 24.5. The molecule has 0 unspecified atom stereocenters. The van der Waals surface area contributed by atoms with E-state index in [1.807, 2.05) is 0 Å². The highest BCUT2D eigenvalue weighted by atomic mass is 32.2. The molecule has 2 aromatic carbocycles. The van der Waals surface area contributed by atoms with E-state index in [1.54, 1.807) is 23.9 Å². The number of thiophene rings is 1. The largest absolute Gasteiger partial charge is 0.508 e. The fourth-order valence-corrected chi connectivity index (χ4v) is 5.83. The maximum Gasteiger partial charge on any atom is 0.322 e. The van der Waals surface area contributed by atoms with Gasteiger partial charge in [0.25, 0.3) is 10.0 Å². The van der Waals surface area contributed by atoms with Gasteiger partial charge in [0, 0.05) is 36.1 Å². The van der Waals surface area contributed by atoms with Gasteiger partial charge in [-0.15, -0.1) is 11.3 Å². The lowest BCUT2D eigenvalue weighted by molar-refractivity contribution is -0.138. The number of aromatic hydroxyl groups is 1. The SMILES string of the molecule is Cn1cc(C[C@@H](NS(=O)(=O)c2ccc(C#Cc3ccc(F)cc3)s2)C(=O)O)c2cc(O)ccc21. The van der Waals surface area contributed by atoms with Gasteiger partial charge in [-0.2, -0.15) is 4.72 Å². The van der Waals surface area contributed by atoms with Gasteiger partial charge in [0.15, 0.2) is 0 Å². The van der Waals surface area contributed by atoms with Crippen LogP contribution in [0.3, 0.4) is 0 Å². The zero-order valence-corrected chi connectivity index (χ0v) is 19.5. The number of rotatable bonds is 6. The number of nitrogens with zero attached hydrogens (tertiary/aromatic N) is 1. The molecular weight excluding hydrogens is 479 g/mol. The van der Waals surface area contributed by atoms with Gasteiger partial charge in [0.05, 0.1) is 4.88 Å². The molecule has 7 nitrogen and oxygen atoms in total. The van der Waals surface area contributed by atoms with Crippen molar-refractivity contribution in [2.24, 2.45) is 7.05 Å². The summed E-state index contributed by atoms with van der Waals surface area (Å²) in [6, 6.07) is 11.8. The van der Waals surface area contributed by atoms with Crippen LogP contribution < -0.4 is 4.72 Å². The lowest BCUT2D eigenvalue weighted by atomic mass is 10.1. The van der Waals surface area contributed by atoms with Crippen molar-refractivity contribution in [2.75, 3.05) is 0 Å². The number of aromatic nitrogens is 1. The highest BCUT2D eigenvalue weighted by Crippen LogP contribution is 2.27. The summed E-state index contributed by atoms with van der Waals surface area (Å²) >= 11 is 0.903. The number of carboxylic acids is 1. The van der Waals surface area contributed by atoms with Crippen LogP contribution in [0.1, 0.15) is 16.0 Å².